The third-order valence-electron chi connectivity index (χ3n) is 3.11. The van der Waals surface area contributed by atoms with E-state index in [-0.39, 0.29) is 5.92 Å². The molecule has 1 aliphatic carbocycles. The minimum Gasteiger partial charge on any atom is -0.392 e. The zero-order valence-electron chi connectivity index (χ0n) is 8.42. The van der Waals surface area contributed by atoms with Gasteiger partial charge in [0.15, 0.2) is 11.6 Å². The average Bonchev–Trinajstić information content (AvgIpc) is 2.23. The molecule has 82 valence electrons. The Bertz CT molecular complexity index is 351. The highest BCUT2D eigenvalue weighted by Crippen LogP contribution is 2.34. The van der Waals surface area contributed by atoms with Gasteiger partial charge in [0.1, 0.15) is 0 Å². The van der Waals surface area contributed by atoms with Crippen molar-refractivity contribution in [3.05, 3.63) is 35.4 Å². The summed E-state index contributed by atoms with van der Waals surface area (Å²) in [7, 11) is 0. The maximum atomic E-state index is 13.5. The Kier molecular flexibility index (Phi) is 3.00. The summed E-state index contributed by atoms with van der Waals surface area (Å²) in [4.78, 5) is 0. The van der Waals surface area contributed by atoms with Crippen molar-refractivity contribution in [3.63, 3.8) is 0 Å². The summed E-state index contributed by atoms with van der Waals surface area (Å²) in [6.45, 7) is 0. The molecule has 0 aromatic heterocycles. The molecule has 3 heteroatoms. The molecule has 1 aromatic carbocycles. The second kappa shape index (κ2) is 4.27. The van der Waals surface area contributed by atoms with Crippen LogP contribution in [0.15, 0.2) is 18.2 Å². The minimum absolute atomic E-state index is 0.241. The molecule has 15 heavy (non-hydrogen) atoms. The Morgan fingerprint density at radius 3 is 2.60 bits per heavy atom. The fraction of sp³-hybridized carbons (Fsp3) is 0.500. The van der Waals surface area contributed by atoms with Gasteiger partial charge in [0.25, 0.3) is 0 Å². The molecular formula is C12H14F2O. The zero-order valence-corrected chi connectivity index (χ0v) is 8.42. The first-order valence-corrected chi connectivity index (χ1v) is 5.32. The Morgan fingerprint density at radius 1 is 1.13 bits per heavy atom. The van der Waals surface area contributed by atoms with Gasteiger partial charge in [0.05, 0.1) is 6.10 Å². The molecule has 1 N–H and O–H groups in total. The van der Waals surface area contributed by atoms with Gasteiger partial charge in [-0.1, -0.05) is 25.0 Å². The third kappa shape index (κ3) is 2.02. The summed E-state index contributed by atoms with van der Waals surface area (Å²) in [5.74, 6) is -1.87. The largest absolute Gasteiger partial charge is 0.392 e. The van der Waals surface area contributed by atoms with Crippen LogP contribution in [0.5, 0.6) is 0 Å². The van der Waals surface area contributed by atoms with Gasteiger partial charge in [-0.2, -0.15) is 0 Å². The molecular weight excluding hydrogens is 198 g/mol. The van der Waals surface area contributed by atoms with Crippen LogP contribution < -0.4 is 0 Å². The first kappa shape index (κ1) is 10.6. The van der Waals surface area contributed by atoms with Gasteiger partial charge in [-0.05, 0) is 24.5 Å². The van der Waals surface area contributed by atoms with E-state index in [2.05, 4.69) is 0 Å². The molecule has 0 bridgehead atoms. The fourth-order valence-electron chi connectivity index (χ4n) is 2.28. The summed E-state index contributed by atoms with van der Waals surface area (Å²) in [5, 5.41) is 9.75. The van der Waals surface area contributed by atoms with E-state index in [1.54, 1.807) is 6.07 Å². The number of aliphatic hydroxyl groups excluding tert-OH is 1. The van der Waals surface area contributed by atoms with E-state index in [0.717, 1.165) is 25.3 Å². The minimum atomic E-state index is -0.828. The van der Waals surface area contributed by atoms with Crippen LogP contribution in [0.2, 0.25) is 0 Å². The Hall–Kier alpha value is -0.960. The van der Waals surface area contributed by atoms with Crippen LogP contribution >= 0.6 is 0 Å². The van der Waals surface area contributed by atoms with E-state index < -0.39 is 17.7 Å². The molecule has 0 spiro atoms. The highest BCUT2D eigenvalue weighted by atomic mass is 19.2. The second-order valence-electron chi connectivity index (χ2n) is 4.10. The van der Waals surface area contributed by atoms with Crippen molar-refractivity contribution in [1.82, 2.24) is 0 Å². The summed E-state index contributed by atoms with van der Waals surface area (Å²) >= 11 is 0. The van der Waals surface area contributed by atoms with Gasteiger partial charge in [0, 0.05) is 5.92 Å². The lowest BCUT2D eigenvalue weighted by atomic mass is 9.81. The molecule has 0 radical (unpaired) electrons. The molecule has 1 fully saturated rings. The van der Waals surface area contributed by atoms with Gasteiger partial charge in [-0.15, -0.1) is 0 Å². The highest BCUT2D eigenvalue weighted by Gasteiger charge is 2.27. The van der Waals surface area contributed by atoms with Crippen LogP contribution in [0.3, 0.4) is 0 Å². The van der Waals surface area contributed by atoms with Gasteiger partial charge >= 0.3 is 0 Å². The van der Waals surface area contributed by atoms with Crippen LogP contribution in [0.25, 0.3) is 0 Å². The number of benzene rings is 1. The van der Waals surface area contributed by atoms with Gasteiger partial charge in [-0.25, -0.2) is 8.78 Å². The second-order valence-corrected chi connectivity index (χ2v) is 4.10. The lowest BCUT2D eigenvalue weighted by molar-refractivity contribution is 0.104. The predicted molar refractivity (Wildman–Crippen MR) is 53.6 cm³/mol. The van der Waals surface area contributed by atoms with Crippen LogP contribution in [-0.4, -0.2) is 11.2 Å². The van der Waals surface area contributed by atoms with Crippen molar-refractivity contribution in [3.8, 4) is 0 Å². The molecule has 0 saturated heterocycles. The quantitative estimate of drug-likeness (QED) is 0.758. The zero-order chi connectivity index (χ0) is 10.8. The normalized spacial score (nSPS) is 26.6. The van der Waals surface area contributed by atoms with Crippen molar-refractivity contribution in [2.45, 2.75) is 37.7 Å². The van der Waals surface area contributed by atoms with Crippen molar-refractivity contribution in [1.29, 1.82) is 0 Å². The lowest BCUT2D eigenvalue weighted by Crippen LogP contribution is -2.23. The number of hydrogen-bond donors (Lipinski definition) is 1. The number of aliphatic hydroxyl groups is 1. The van der Waals surface area contributed by atoms with Crippen LogP contribution in [0.1, 0.15) is 37.2 Å². The SMILES string of the molecule is OC1CCCCC1c1cccc(F)c1F. The molecule has 1 saturated carbocycles. The molecule has 0 amide bonds. The third-order valence-corrected chi connectivity index (χ3v) is 3.11. The van der Waals surface area contributed by atoms with Crippen LogP contribution in [-0.2, 0) is 0 Å². The molecule has 0 aliphatic heterocycles. The Balaban J connectivity index is 2.31. The maximum absolute atomic E-state index is 13.5. The van der Waals surface area contributed by atoms with E-state index in [1.165, 1.54) is 6.07 Å². The number of halogens is 2. The van der Waals surface area contributed by atoms with Crippen LogP contribution in [0.4, 0.5) is 8.78 Å². The van der Waals surface area contributed by atoms with E-state index in [9.17, 15) is 13.9 Å². The molecule has 1 nitrogen and oxygen atoms in total. The maximum Gasteiger partial charge on any atom is 0.162 e. The summed E-state index contributed by atoms with van der Waals surface area (Å²) in [5.41, 5.74) is 0.321. The van der Waals surface area contributed by atoms with E-state index in [4.69, 9.17) is 0 Å². The fourth-order valence-corrected chi connectivity index (χ4v) is 2.28. The first-order chi connectivity index (χ1) is 7.20. The average molecular weight is 212 g/mol. The van der Waals surface area contributed by atoms with E-state index >= 15 is 0 Å². The lowest BCUT2D eigenvalue weighted by Gasteiger charge is -2.28. The number of hydrogen-bond acceptors (Lipinski definition) is 1. The Morgan fingerprint density at radius 2 is 1.87 bits per heavy atom. The van der Waals surface area contributed by atoms with Crippen molar-refractivity contribution < 1.29 is 13.9 Å². The van der Waals surface area contributed by atoms with Gasteiger partial charge in [-0.3, -0.25) is 0 Å². The smallest absolute Gasteiger partial charge is 0.162 e. The van der Waals surface area contributed by atoms with Crippen molar-refractivity contribution in [2.24, 2.45) is 0 Å². The van der Waals surface area contributed by atoms with E-state index in [0.29, 0.717) is 12.0 Å². The molecule has 1 aliphatic rings. The molecule has 0 heterocycles. The van der Waals surface area contributed by atoms with Gasteiger partial charge < -0.3 is 5.11 Å². The van der Waals surface area contributed by atoms with Crippen LogP contribution in [0, 0.1) is 11.6 Å². The summed E-state index contributed by atoms with van der Waals surface area (Å²) < 4.78 is 26.5. The van der Waals surface area contributed by atoms with Gasteiger partial charge in [0.2, 0.25) is 0 Å². The molecule has 2 unspecified atom stereocenters. The highest BCUT2D eigenvalue weighted by molar-refractivity contribution is 5.24. The topological polar surface area (TPSA) is 20.2 Å². The van der Waals surface area contributed by atoms with Crippen molar-refractivity contribution >= 4 is 0 Å². The Labute approximate surface area is 87.7 Å². The first-order valence-electron chi connectivity index (χ1n) is 5.32. The van der Waals surface area contributed by atoms with Crippen molar-refractivity contribution in [2.75, 3.05) is 0 Å². The monoisotopic (exact) mass is 212 g/mol. The summed E-state index contributed by atoms with van der Waals surface area (Å²) in [6.07, 6.45) is 2.82. The predicted octanol–water partition coefficient (Wildman–Crippen LogP) is 2.98. The molecule has 2 atom stereocenters. The molecule has 1 aromatic rings. The van der Waals surface area contributed by atoms with E-state index in [1.807, 2.05) is 0 Å². The molecule has 2 rings (SSSR count). The standard InChI is InChI=1S/C12H14F2O/c13-10-6-3-5-9(12(10)14)8-4-1-2-7-11(8)15/h3,5-6,8,11,15H,1-2,4,7H2. The number of rotatable bonds is 1. The summed E-state index contributed by atoms with van der Waals surface area (Å²) in [6, 6.07) is 4.17.